The number of imide groups is 1. The van der Waals surface area contributed by atoms with Gasteiger partial charge in [-0.05, 0) is 23.8 Å². The van der Waals surface area contributed by atoms with Gasteiger partial charge in [0, 0.05) is 19.2 Å². The van der Waals surface area contributed by atoms with Crippen molar-refractivity contribution in [3.8, 4) is 0 Å². The monoisotopic (exact) mass is 358 g/mol. The van der Waals surface area contributed by atoms with Crippen molar-refractivity contribution in [1.82, 2.24) is 10.2 Å². The maximum Gasteiger partial charge on any atom is 0.288 e. The molecule has 8 heteroatoms. The average molecular weight is 359 g/mol. The Balaban J connectivity index is 1.80. The van der Waals surface area contributed by atoms with E-state index in [1.54, 1.807) is 24.3 Å². The van der Waals surface area contributed by atoms with Crippen LogP contribution in [0.3, 0.4) is 0 Å². The molecular formula is C14H12Cl2N2O3S. The van der Waals surface area contributed by atoms with Crippen molar-refractivity contribution in [3.05, 3.63) is 39.9 Å². The average Bonchev–Trinajstić information content (AvgIpc) is 2.80. The summed E-state index contributed by atoms with van der Waals surface area (Å²) in [6.07, 6.45) is 2.95. The first-order valence-electron chi connectivity index (χ1n) is 6.35. The Kier molecular flexibility index (Phi) is 5.88. The molecule has 5 nitrogen and oxygen atoms in total. The lowest BCUT2D eigenvalue weighted by molar-refractivity contribution is -0.125. The summed E-state index contributed by atoms with van der Waals surface area (Å²) in [6.45, 7) is 0.388. The zero-order valence-corrected chi connectivity index (χ0v) is 13.7. The van der Waals surface area contributed by atoms with Crippen molar-refractivity contribution in [1.29, 1.82) is 0 Å². The van der Waals surface area contributed by atoms with Gasteiger partial charge in [0.25, 0.3) is 5.24 Å². The number of thioether (sulfide) groups is 1. The maximum atomic E-state index is 11.7. The number of hydrogen-bond acceptors (Lipinski definition) is 4. The number of carbonyl (C=O) groups is 3. The van der Waals surface area contributed by atoms with Crippen molar-refractivity contribution in [3.63, 3.8) is 0 Å². The van der Waals surface area contributed by atoms with E-state index in [9.17, 15) is 14.4 Å². The van der Waals surface area contributed by atoms with E-state index < -0.39 is 0 Å². The largest absolute Gasteiger partial charge is 0.351 e. The lowest BCUT2D eigenvalue weighted by Gasteiger charge is -2.12. The van der Waals surface area contributed by atoms with Crippen LogP contribution < -0.4 is 5.32 Å². The molecule has 1 N–H and O–H groups in total. The Morgan fingerprint density at radius 3 is 2.73 bits per heavy atom. The van der Waals surface area contributed by atoms with Gasteiger partial charge < -0.3 is 5.32 Å². The van der Waals surface area contributed by atoms with Crippen LogP contribution in [-0.2, 0) is 9.59 Å². The molecule has 1 saturated heterocycles. The lowest BCUT2D eigenvalue weighted by atomic mass is 10.2. The first-order chi connectivity index (χ1) is 10.5. The second-order valence-corrected chi connectivity index (χ2v) is 6.14. The molecule has 1 aliphatic heterocycles. The van der Waals surface area contributed by atoms with Crippen molar-refractivity contribution in [2.24, 2.45) is 0 Å². The van der Waals surface area contributed by atoms with Gasteiger partial charge in [0.05, 0.1) is 15.8 Å². The molecule has 0 radical (unpaired) electrons. The highest BCUT2D eigenvalue weighted by atomic mass is 35.5. The van der Waals surface area contributed by atoms with E-state index in [4.69, 9.17) is 23.2 Å². The third-order valence-corrected chi connectivity index (χ3v) is 4.44. The number of carbonyl (C=O) groups excluding carboxylic acids is 3. The molecule has 1 fully saturated rings. The second kappa shape index (κ2) is 7.67. The molecule has 1 heterocycles. The van der Waals surface area contributed by atoms with Gasteiger partial charge in [-0.1, -0.05) is 41.0 Å². The molecule has 0 saturated carbocycles. The third-order valence-electron chi connectivity index (χ3n) is 2.85. The predicted molar refractivity (Wildman–Crippen MR) is 88.1 cm³/mol. The number of hydrogen-bond donors (Lipinski definition) is 1. The van der Waals surface area contributed by atoms with E-state index in [1.165, 1.54) is 6.08 Å². The summed E-state index contributed by atoms with van der Waals surface area (Å²) in [5.74, 6) is -0.377. The van der Waals surface area contributed by atoms with Crippen LogP contribution in [0.2, 0.25) is 10.0 Å². The molecule has 0 atom stereocenters. The molecule has 1 aromatic rings. The van der Waals surface area contributed by atoms with E-state index in [0.29, 0.717) is 10.0 Å². The van der Waals surface area contributed by atoms with Gasteiger partial charge in [-0.15, -0.1) is 0 Å². The first kappa shape index (κ1) is 16.9. The lowest BCUT2D eigenvalue weighted by Crippen LogP contribution is -2.37. The van der Waals surface area contributed by atoms with Crippen LogP contribution in [0.15, 0.2) is 24.3 Å². The van der Waals surface area contributed by atoms with Crippen LogP contribution in [0.5, 0.6) is 0 Å². The fraction of sp³-hybridized carbons (Fsp3) is 0.214. The van der Waals surface area contributed by atoms with Crippen LogP contribution in [-0.4, -0.2) is 40.8 Å². The van der Waals surface area contributed by atoms with E-state index in [2.05, 4.69) is 5.32 Å². The molecule has 0 aliphatic carbocycles. The van der Waals surface area contributed by atoms with Crippen LogP contribution in [0, 0.1) is 0 Å². The Hall–Kier alpha value is -1.50. The summed E-state index contributed by atoms with van der Waals surface area (Å²) < 4.78 is 0. The molecule has 1 aliphatic rings. The number of halogens is 2. The molecule has 22 heavy (non-hydrogen) atoms. The molecule has 0 spiro atoms. The highest BCUT2D eigenvalue weighted by Crippen LogP contribution is 2.23. The minimum Gasteiger partial charge on any atom is -0.351 e. The number of nitrogens with zero attached hydrogens (tertiary/aromatic N) is 1. The summed E-state index contributed by atoms with van der Waals surface area (Å²) in [5, 5.41) is 3.19. The smallest absolute Gasteiger partial charge is 0.288 e. The van der Waals surface area contributed by atoms with E-state index in [-0.39, 0.29) is 35.9 Å². The summed E-state index contributed by atoms with van der Waals surface area (Å²) in [6, 6.07) is 5.02. The molecule has 1 aromatic carbocycles. The van der Waals surface area contributed by atoms with Gasteiger partial charge in [-0.3, -0.25) is 19.3 Å². The van der Waals surface area contributed by atoms with Crippen LogP contribution >= 0.6 is 35.0 Å². The zero-order valence-electron chi connectivity index (χ0n) is 11.3. The van der Waals surface area contributed by atoms with E-state index in [0.717, 1.165) is 22.2 Å². The van der Waals surface area contributed by atoms with Gasteiger partial charge in [-0.2, -0.15) is 0 Å². The number of benzene rings is 1. The summed E-state index contributed by atoms with van der Waals surface area (Å²) in [5.41, 5.74) is 0.742. The molecular weight excluding hydrogens is 347 g/mol. The Morgan fingerprint density at radius 2 is 2.09 bits per heavy atom. The molecule has 116 valence electrons. The molecule has 0 unspecified atom stereocenters. The van der Waals surface area contributed by atoms with Crippen LogP contribution in [0.1, 0.15) is 5.56 Å². The molecule has 2 rings (SSSR count). The number of rotatable bonds is 5. The Labute approximate surface area is 141 Å². The standard InChI is InChI=1S/C14H12Cl2N2O3S/c15-10-3-1-9(7-11(10)16)2-4-12(19)17-5-6-18-13(20)8-22-14(18)21/h1-4,7H,5-6,8H2,(H,17,19)/b4-2+. The van der Waals surface area contributed by atoms with Gasteiger partial charge >= 0.3 is 0 Å². The molecule has 0 bridgehead atoms. The minimum absolute atomic E-state index is 0.171. The van der Waals surface area contributed by atoms with E-state index in [1.807, 2.05) is 0 Å². The quantitative estimate of drug-likeness (QED) is 0.821. The normalized spacial score (nSPS) is 14.9. The van der Waals surface area contributed by atoms with Crippen molar-refractivity contribution >= 4 is 58.1 Å². The van der Waals surface area contributed by atoms with Crippen molar-refractivity contribution in [2.45, 2.75) is 0 Å². The van der Waals surface area contributed by atoms with Crippen LogP contribution in [0.4, 0.5) is 4.79 Å². The zero-order chi connectivity index (χ0) is 16.1. The van der Waals surface area contributed by atoms with Crippen molar-refractivity contribution in [2.75, 3.05) is 18.8 Å². The van der Waals surface area contributed by atoms with Crippen molar-refractivity contribution < 1.29 is 14.4 Å². The maximum absolute atomic E-state index is 11.7. The fourth-order valence-electron chi connectivity index (χ4n) is 1.73. The number of amides is 3. The van der Waals surface area contributed by atoms with Gasteiger partial charge in [0.15, 0.2) is 0 Å². The minimum atomic E-state index is -0.321. The fourth-order valence-corrected chi connectivity index (χ4v) is 2.79. The second-order valence-electron chi connectivity index (χ2n) is 4.40. The van der Waals surface area contributed by atoms with E-state index >= 15 is 0 Å². The SMILES string of the molecule is O=C(/C=C/c1ccc(Cl)c(Cl)c1)NCCN1C(=O)CSC1=O. The number of nitrogens with one attached hydrogen (secondary N) is 1. The predicted octanol–water partition coefficient (Wildman–Crippen LogP) is 2.82. The summed E-state index contributed by atoms with van der Waals surface area (Å²) in [4.78, 5) is 35.5. The van der Waals surface area contributed by atoms with Gasteiger partial charge in [0.1, 0.15) is 0 Å². The topological polar surface area (TPSA) is 66.5 Å². The Morgan fingerprint density at radius 1 is 1.32 bits per heavy atom. The third kappa shape index (κ3) is 4.50. The van der Waals surface area contributed by atoms with Crippen LogP contribution in [0.25, 0.3) is 6.08 Å². The highest BCUT2D eigenvalue weighted by molar-refractivity contribution is 8.14. The van der Waals surface area contributed by atoms with Gasteiger partial charge in [0.2, 0.25) is 11.8 Å². The van der Waals surface area contributed by atoms with Gasteiger partial charge in [-0.25, -0.2) is 0 Å². The summed E-state index contributed by atoms with van der Waals surface area (Å²) in [7, 11) is 0. The Bertz CT molecular complexity index is 633. The molecule has 0 aromatic heterocycles. The summed E-state index contributed by atoms with van der Waals surface area (Å²) >= 11 is 12.6. The highest BCUT2D eigenvalue weighted by Gasteiger charge is 2.29. The first-order valence-corrected chi connectivity index (χ1v) is 8.09. The molecule has 3 amide bonds.